The highest BCUT2D eigenvalue weighted by molar-refractivity contribution is 6.30. The number of rotatable bonds is 12. The van der Waals surface area contributed by atoms with Crippen molar-refractivity contribution in [2.45, 2.75) is 19.0 Å². The minimum atomic E-state index is -1.06. The minimum Gasteiger partial charge on any atom is -0.493 e. The molecular formula is C34H36ClN3O5. The van der Waals surface area contributed by atoms with Gasteiger partial charge in [0.25, 0.3) is 5.91 Å². The van der Waals surface area contributed by atoms with Gasteiger partial charge in [-0.15, -0.1) is 0 Å². The predicted octanol–water partition coefficient (Wildman–Crippen LogP) is 6.38. The van der Waals surface area contributed by atoms with Crippen LogP contribution in [0.4, 0.5) is 11.4 Å². The van der Waals surface area contributed by atoms with Gasteiger partial charge in [0.2, 0.25) is 11.7 Å². The van der Waals surface area contributed by atoms with E-state index in [1.54, 1.807) is 29.2 Å². The van der Waals surface area contributed by atoms with Crippen molar-refractivity contribution in [3.05, 3.63) is 113 Å². The average Bonchev–Trinajstić information content (AvgIpc) is 3.01. The number of methoxy groups -OCH3 is 3. The zero-order chi connectivity index (χ0) is 30.9. The van der Waals surface area contributed by atoms with E-state index >= 15 is 0 Å². The molecule has 0 aliphatic carbocycles. The van der Waals surface area contributed by atoms with Crippen molar-refractivity contribution in [1.82, 2.24) is 4.90 Å². The van der Waals surface area contributed by atoms with Gasteiger partial charge in [0, 0.05) is 37.0 Å². The molecule has 224 valence electrons. The first-order valence-electron chi connectivity index (χ1n) is 13.7. The number of benzene rings is 4. The van der Waals surface area contributed by atoms with Gasteiger partial charge in [-0.3, -0.25) is 9.59 Å². The van der Waals surface area contributed by atoms with Crippen molar-refractivity contribution in [2.75, 3.05) is 45.6 Å². The van der Waals surface area contributed by atoms with Crippen LogP contribution in [0.25, 0.3) is 0 Å². The molecule has 0 bridgehead atoms. The van der Waals surface area contributed by atoms with Crippen LogP contribution in [-0.4, -0.2) is 52.1 Å². The molecule has 0 aliphatic heterocycles. The molecule has 4 aromatic rings. The molecule has 8 nitrogen and oxygen atoms in total. The number of amides is 2. The predicted molar refractivity (Wildman–Crippen MR) is 170 cm³/mol. The number of carbonyl (C=O) groups excluding carboxylic acids is 2. The van der Waals surface area contributed by atoms with Crippen LogP contribution in [0, 0.1) is 0 Å². The smallest absolute Gasteiger partial charge is 0.251 e. The number of halogens is 1. The summed E-state index contributed by atoms with van der Waals surface area (Å²) in [4.78, 5) is 32.0. The van der Waals surface area contributed by atoms with Gasteiger partial charge in [-0.1, -0.05) is 54.1 Å². The Bertz CT molecular complexity index is 1500. The summed E-state index contributed by atoms with van der Waals surface area (Å²) >= 11 is 6.16. The molecule has 0 spiro atoms. The van der Waals surface area contributed by atoms with Crippen molar-refractivity contribution in [3.63, 3.8) is 0 Å². The standard InChI is InChI=1S/C34H36ClN3O5/c1-37(2)28-17-15-27(16-18-28)36-34(40)32(25-20-29(41-3)33(43-5)30(21-25)42-4)38(22-24-11-13-26(35)14-12-24)31(39)19-23-9-7-6-8-10-23/h6-18,20-21,32H,19,22H2,1-5H3,(H,36,40). The highest BCUT2D eigenvalue weighted by atomic mass is 35.5. The lowest BCUT2D eigenvalue weighted by molar-refractivity contribution is -0.139. The van der Waals surface area contributed by atoms with E-state index in [2.05, 4.69) is 5.32 Å². The summed E-state index contributed by atoms with van der Waals surface area (Å²) < 4.78 is 16.7. The number of nitrogens with zero attached hydrogens (tertiary/aromatic N) is 2. The molecule has 4 rings (SSSR count). The van der Waals surface area contributed by atoms with E-state index in [4.69, 9.17) is 25.8 Å². The number of carbonyl (C=O) groups is 2. The zero-order valence-electron chi connectivity index (χ0n) is 25.0. The monoisotopic (exact) mass is 601 g/mol. The third kappa shape index (κ3) is 7.78. The first-order chi connectivity index (χ1) is 20.7. The molecule has 0 radical (unpaired) electrons. The highest BCUT2D eigenvalue weighted by Crippen LogP contribution is 2.41. The van der Waals surface area contributed by atoms with E-state index in [0.717, 1.165) is 16.8 Å². The summed E-state index contributed by atoms with van der Waals surface area (Å²) in [5.74, 6) is 0.478. The molecule has 0 fully saturated rings. The summed E-state index contributed by atoms with van der Waals surface area (Å²) in [6.45, 7) is 0.150. The number of hydrogen-bond donors (Lipinski definition) is 1. The van der Waals surface area contributed by atoms with Crippen molar-refractivity contribution < 1.29 is 23.8 Å². The molecule has 4 aromatic carbocycles. The zero-order valence-corrected chi connectivity index (χ0v) is 25.7. The molecule has 43 heavy (non-hydrogen) atoms. The van der Waals surface area contributed by atoms with Crippen LogP contribution in [0.1, 0.15) is 22.7 Å². The molecule has 1 unspecified atom stereocenters. The van der Waals surface area contributed by atoms with Gasteiger partial charge in [-0.25, -0.2) is 0 Å². The number of nitrogens with one attached hydrogen (secondary N) is 1. The van der Waals surface area contributed by atoms with Gasteiger partial charge in [-0.05, 0) is 65.2 Å². The Balaban J connectivity index is 1.84. The maximum Gasteiger partial charge on any atom is 0.251 e. The molecule has 0 saturated carbocycles. The molecule has 0 aliphatic rings. The lowest BCUT2D eigenvalue weighted by Crippen LogP contribution is -2.41. The van der Waals surface area contributed by atoms with Crippen molar-refractivity contribution in [3.8, 4) is 17.2 Å². The molecule has 0 aromatic heterocycles. The van der Waals surface area contributed by atoms with Gasteiger partial charge in [-0.2, -0.15) is 0 Å². The van der Waals surface area contributed by atoms with Gasteiger partial charge in [0.1, 0.15) is 6.04 Å². The lowest BCUT2D eigenvalue weighted by atomic mass is 10.00. The van der Waals surface area contributed by atoms with Crippen LogP contribution in [-0.2, 0) is 22.6 Å². The Hall–Kier alpha value is -4.69. The van der Waals surface area contributed by atoms with Crippen LogP contribution >= 0.6 is 11.6 Å². The fourth-order valence-electron chi connectivity index (χ4n) is 4.77. The number of anilines is 2. The first kappa shape index (κ1) is 31.3. The summed E-state index contributed by atoms with van der Waals surface area (Å²) in [7, 11) is 8.42. The minimum absolute atomic E-state index is 0.0974. The molecule has 1 atom stereocenters. The fraction of sp³-hybridized carbons (Fsp3) is 0.235. The normalized spacial score (nSPS) is 11.3. The second-order valence-corrected chi connectivity index (χ2v) is 10.5. The van der Waals surface area contributed by atoms with Crippen molar-refractivity contribution in [1.29, 1.82) is 0 Å². The van der Waals surface area contributed by atoms with Crippen LogP contribution in [0.2, 0.25) is 5.02 Å². The molecule has 0 saturated heterocycles. The fourth-order valence-corrected chi connectivity index (χ4v) is 4.89. The largest absolute Gasteiger partial charge is 0.493 e. The van der Waals surface area contributed by atoms with E-state index in [9.17, 15) is 9.59 Å². The Morgan fingerprint density at radius 2 is 1.40 bits per heavy atom. The SMILES string of the molecule is COc1cc(C(C(=O)Nc2ccc(N(C)C)cc2)N(Cc2ccc(Cl)cc2)C(=O)Cc2ccccc2)cc(OC)c1OC. The maximum absolute atomic E-state index is 14.3. The van der Waals surface area contributed by atoms with E-state index < -0.39 is 11.9 Å². The van der Waals surface area contributed by atoms with Crippen LogP contribution < -0.4 is 24.4 Å². The quantitative estimate of drug-likeness (QED) is 0.203. The lowest BCUT2D eigenvalue weighted by Gasteiger charge is -2.32. The van der Waals surface area contributed by atoms with Crippen LogP contribution in [0.15, 0.2) is 91.0 Å². The first-order valence-corrected chi connectivity index (χ1v) is 14.1. The van der Waals surface area contributed by atoms with Gasteiger partial charge in [0.05, 0.1) is 27.8 Å². The summed E-state index contributed by atoms with van der Waals surface area (Å²) in [5.41, 5.74) is 3.71. The van der Waals surface area contributed by atoms with Crippen LogP contribution in [0.3, 0.4) is 0 Å². The second-order valence-electron chi connectivity index (χ2n) is 10.1. The van der Waals surface area contributed by atoms with Crippen LogP contribution in [0.5, 0.6) is 17.2 Å². The number of ether oxygens (including phenoxy) is 3. The third-order valence-electron chi connectivity index (χ3n) is 7.00. The topological polar surface area (TPSA) is 80.3 Å². The molecule has 1 N–H and O–H groups in total. The third-order valence-corrected chi connectivity index (χ3v) is 7.25. The van der Waals surface area contributed by atoms with E-state index in [0.29, 0.717) is 33.5 Å². The Labute approximate surface area is 257 Å². The Morgan fingerprint density at radius 1 is 0.791 bits per heavy atom. The average molecular weight is 602 g/mol. The van der Waals surface area contributed by atoms with E-state index in [-0.39, 0.29) is 18.9 Å². The molecule has 2 amide bonds. The second kappa shape index (κ2) is 14.5. The van der Waals surface area contributed by atoms with E-state index in [1.165, 1.54) is 21.3 Å². The highest BCUT2D eigenvalue weighted by Gasteiger charge is 2.33. The molecule has 0 heterocycles. The van der Waals surface area contributed by atoms with Gasteiger partial charge < -0.3 is 29.3 Å². The summed E-state index contributed by atoms with van der Waals surface area (Å²) in [6.07, 6.45) is 0.0974. The molecule has 9 heteroatoms. The Kier molecular flexibility index (Phi) is 10.5. The summed E-state index contributed by atoms with van der Waals surface area (Å²) in [5, 5.41) is 3.59. The van der Waals surface area contributed by atoms with E-state index in [1.807, 2.05) is 85.7 Å². The number of hydrogen-bond acceptors (Lipinski definition) is 6. The van der Waals surface area contributed by atoms with Crippen molar-refractivity contribution >= 4 is 34.8 Å². The Morgan fingerprint density at radius 3 is 1.93 bits per heavy atom. The molecular weight excluding hydrogens is 566 g/mol. The maximum atomic E-state index is 14.3. The summed E-state index contributed by atoms with van der Waals surface area (Å²) in [6, 6.07) is 26.5. The van der Waals surface area contributed by atoms with Gasteiger partial charge >= 0.3 is 0 Å². The van der Waals surface area contributed by atoms with Crippen molar-refractivity contribution in [2.24, 2.45) is 0 Å². The van der Waals surface area contributed by atoms with Gasteiger partial charge in [0.15, 0.2) is 11.5 Å².